The predicted octanol–water partition coefficient (Wildman–Crippen LogP) is 3.35. The molecule has 3 aromatic carbocycles. The molecule has 1 aromatic heterocycles. The number of H-pyrrole nitrogens is 1. The van der Waals surface area contributed by atoms with Crippen molar-refractivity contribution in [2.45, 2.75) is 19.0 Å². The zero-order chi connectivity index (χ0) is 24.4. The molecule has 1 atom stereocenters. The maximum atomic E-state index is 14.3. The molecule has 4 rings (SSSR count). The first-order chi connectivity index (χ1) is 16.2. The van der Waals surface area contributed by atoms with E-state index in [1.807, 2.05) is 0 Å². The summed E-state index contributed by atoms with van der Waals surface area (Å²) in [6.45, 7) is -0.381. The fourth-order valence-electron chi connectivity index (χ4n) is 3.62. The number of halogens is 4. The summed E-state index contributed by atoms with van der Waals surface area (Å²) in [4.78, 5) is 41.4. The highest BCUT2D eigenvalue weighted by atomic mass is 19.1. The second-order valence-electron chi connectivity index (χ2n) is 7.56. The zero-order valence-corrected chi connectivity index (χ0v) is 17.4. The molecule has 0 saturated heterocycles. The first-order valence-electron chi connectivity index (χ1n) is 10.1. The van der Waals surface area contributed by atoms with E-state index in [0.29, 0.717) is 10.6 Å². The third-order valence-electron chi connectivity index (χ3n) is 5.34. The number of fused-ring (bicyclic) bond motifs is 1. The molecule has 0 bridgehead atoms. The molecule has 2 N–H and O–H groups in total. The summed E-state index contributed by atoms with van der Waals surface area (Å²) in [5.41, 5.74) is -1.86. The number of amides is 1. The van der Waals surface area contributed by atoms with Gasteiger partial charge in [-0.2, -0.15) is 0 Å². The minimum atomic E-state index is -1.55. The second-order valence-corrected chi connectivity index (χ2v) is 7.56. The van der Waals surface area contributed by atoms with Gasteiger partial charge in [-0.05, 0) is 35.9 Å². The summed E-state index contributed by atoms with van der Waals surface area (Å²) < 4.78 is 55.8. The molecule has 6 nitrogen and oxygen atoms in total. The van der Waals surface area contributed by atoms with Gasteiger partial charge in [-0.15, -0.1) is 0 Å². The highest BCUT2D eigenvalue weighted by molar-refractivity contribution is 5.82. The van der Waals surface area contributed by atoms with Crippen molar-refractivity contribution >= 4 is 16.8 Å². The fourth-order valence-corrected chi connectivity index (χ4v) is 3.62. The van der Waals surface area contributed by atoms with Gasteiger partial charge < -0.3 is 10.3 Å². The van der Waals surface area contributed by atoms with Crippen LogP contribution in [0.5, 0.6) is 0 Å². The Morgan fingerprint density at radius 3 is 2.32 bits per heavy atom. The summed E-state index contributed by atoms with van der Waals surface area (Å²) in [7, 11) is 0. The lowest BCUT2D eigenvalue weighted by atomic mass is 10.0. The van der Waals surface area contributed by atoms with Crippen LogP contribution in [-0.4, -0.2) is 15.5 Å². The van der Waals surface area contributed by atoms with Crippen LogP contribution in [-0.2, 0) is 17.8 Å². The van der Waals surface area contributed by atoms with Crippen molar-refractivity contribution in [2.75, 3.05) is 0 Å². The molecular formula is C24H17F4N3O3. The van der Waals surface area contributed by atoms with Crippen molar-refractivity contribution in [3.63, 3.8) is 0 Å². The Bertz CT molecular complexity index is 1510. The average molecular weight is 471 g/mol. The Hall–Kier alpha value is -4.21. The lowest BCUT2D eigenvalue weighted by molar-refractivity contribution is -0.124. The van der Waals surface area contributed by atoms with Gasteiger partial charge in [-0.25, -0.2) is 26.9 Å². The lowest BCUT2D eigenvalue weighted by Crippen LogP contribution is -2.45. The van der Waals surface area contributed by atoms with Crippen molar-refractivity contribution in [1.29, 1.82) is 0 Å². The van der Waals surface area contributed by atoms with Gasteiger partial charge in [0.15, 0.2) is 0 Å². The minimum absolute atomic E-state index is 0.0405. The van der Waals surface area contributed by atoms with E-state index in [0.717, 1.165) is 30.3 Å². The van der Waals surface area contributed by atoms with Gasteiger partial charge in [-0.3, -0.25) is 9.59 Å². The van der Waals surface area contributed by atoms with Crippen LogP contribution in [0.4, 0.5) is 17.6 Å². The van der Waals surface area contributed by atoms with Crippen LogP contribution in [0.2, 0.25) is 0 Å². The molecule has 1 unspecified atom stereocenters. The predicted molar refractivity (Wildman–Crippen MR) is 116 cm³/mol. The molecule has 0 fully saturated rings. The van der Waals surface area contributed by atoms with Crippen LogP contribution < -0.4 is 16.6 Å². The number of aromatic amines is 1. The van der Waals surface area contributed by atoms with E-state index in [1.54, 1.807) is 0 Å². The zero-order valence-electron chi connectivity index (χ0n) is 17.4. The standard InChI is InChI=1S/C24H17F4N3O3/c25-15-7-8-20-17(10-15)23(33)31(24(34)30-20)21(9-13-3-1-2-4-18(13)27)22(32)29-12-14-5-6-16(26)11-19(14)28/h1-8,10-11,21H,9,12H2,(H,29,32)(H,30,34). The smallest absolute Gasteiger partial charge is 0.329 e. The Kier molecular flexibility index (Phi) is 6.31. The van der Waals surface area contributed by atoms with Gasteiger partial charge in [0.25, 0.3) is 5.56 Å². The number of hydrogen-bond acceptors (Lipinski definition) is 3. The molecule has 0 saturated carbocycles. The topological polar surface area (TPSA) is 84.0 Å². The maximum Gasteiger partial charge on any atom is 0.329 e. The van der Waals surface area contributed by atoms with Gasteiger partial charge in [0.05, 0.1) is 10.9 Å². The summed E-state index contributed by atoms with van der Waals surface area (Å²) >= 11 is 0. The number of benzene rings is 3. The summed E-state index contributed by atoms with van der Waals surface area (Å²) in [5.74, 6) is -3.99. The van der Waals surface area contributed by atoms with Crippen LogP contribution >= 0.6 is 0 Å². The Balaban J connectivity index is 1.77. The lowest BCUT2D eigenvalue weighted by Gasteiger charge is -2.20. The van der Waals surface area contributed by atoms with Crippen molar-refractivity contribution in [1.82, 2.24) is 14.9 Å². The second kappa shape index (κ2) is 9.34. The van der Waals surface area contributed by atoms with Crippen LogP contribution in [0.3, 0.4) is 0 Å². The number of carbonyl (C=O) groups excluding carboxylic acids is 1. The third kappa shape index (κ3) is 4.61. The SMILES string of the molecule is O=C(NCc1ccc(F)cc1F)C(Cc1ccccc1F)n1c(=O)[nH]c2ccc(F)cc2c1=O. The Morgan fingerprint density at radius 1 is 0.882 bits per heavy atom. The van der Waals surface area contributed by atoms with E-state index in [1.165, 1.54) is 24.3 Å². The van der Waals surface area contributed by atoms with Gasteiger partial charge in [0.1, 0.15) is 29.3 Å². The van der Waals surface area contributed by atoms with Gasteiger partial charge in [0.2, 0.25) is 5.91 Å². The number of rotatable bonds is 6. The first-order valence-corrected chi connectivity index (χ1v) is 10.1. The van der Waals surface area contributed by atoms with Crippen LogP contribution in [0, 0.1) is 23.3 Å². The number of carbonyl (C=O) groups is 1. The highest BCUT2D eigenvalue weighted by Crippen LogP contribution is 2.17. The van der Waals surface area contributed by atoms with Crippen molar-refractivity contribution in [3.05, 3.63) is 116 Å². The normalized spacial score (nSPS) is 12.0. The third-order valence-corrected chi connectivity index (χ3v) is 5.34. The van der Waals surface area contributed by atoms with Crippen LogP contribution in [0.1, 0.15) is 17.2 Å². The van der Waals surface area contributed by atoms with E-state index >= 15 is 0 Å². The molecule has 174 valence electrons. The van der Waals surface area contributed by atoms with E-state index in [2.05, 4.69) is 10.3 Å². The number of nitrogens with zero attached hydrogens (tertiary/aromatic N) is 1. The van der Waals surface area contributed by atoms with E-state index in [4.69, 9.17) is 0 Å². The molecule has 34 heavy (non-hydrogen) atoms. The minimum Gasteiger partial charge on any atom is -0.350 e. The quantitative estimate of drug-likeness (QED) is 0.423. The van der Waals surface area contributed by atoms with Crippen molar-refractivity contribution in [3.8, 4) is 0 Å². The summed E-state index contributed by atoms with van der Waals surface area (Å²) in [6.07, 6.45) is -0.395. The molecule has 0 aliphatic carbocycles. The van der Waals surface area contributed by atoms with E-state index in [-0.39, 0.29) is 28.6 Å². The Morgan fingerprint density at radius 2 is 1.59 bits per heavy atom. The maximum absolute atomic E-state index is 14.3. The number of hydrogen-bond donors (Lipinski definition) is 2. The largest absolute Gasteiger partial charge is 0.350 e. The molecule has 0 radical (unpaired) electrons. The average Bonchev–Trinajstić information content (AvgIpc) is 2.79. The number of aromatic nitrogens is 2. The molecule has 1 heterocycles. The molecule has 10 heteroatoms. The highest BCUT2D eigenvalue weighted by Gasteiger charge is 2.26. The number of nitrogens with one attached hydrogen (secondary N) is 2. The van der Waals surface area contributed by atoms with Gasteiger partial charge >= 0.3 is 5.69 Å². The van der Waals surface area contributed by atoms with Crippen LogP contribution in [0.15, 0.2) is 70.3 Å². The van der Waals surface area contributed by atoms with E-state index in [9.17, 15) is 31.9 Å². The van der Waals surface area contributed by atoms with Crippen molar-refractivity contribution < 1.29 is 22.4 Å². The molecular weight excluding hydrogens is 454 g/mol. The fraction of sp³-hybridized carbons (Fsp3) is 0.125. The molecule has 4 aromatic rings. The van der Waals surface area contributed by atoms with E-state index < -0.39 is 52.9 Å². The van der Waals surface area contributed by atoms with Gasteiger partial charge in [0, 0.05) is 24.6 Å². The molecule has 0 spiro atoms. The summed E-state index contributed by atoms with van der Waals surface area (Å²) in [5, 5.41) is 2.22. The first kappa shape index (κ1) is 23.0. The molecule has 0 aliphatic rings. The van der Waals surface area contributed by atoms with Gasteiger partial charge in [-0.1, -0.05) is 24.3 Å². The van der Waals surface area contributed by atoms with Crippen LogP contribution in [0.25, 0.3) is 10.9 Å². The Labute approximate surface area is 189 Å². The molecule has 1 amide bonds. The monoisotopic (exact) mass is 471 g/mol. The molecule has 0 aliphatic heterocycles. The summed E-state index contributed by atoms with van der Waals surface area (Å²) in [6, 6.07) is 9.90. The van der Waals surface area contributed by atoms with Crippen molar-refractivity contribution in [2.24, 2.45) is 0 Å².